The van der Waals surface area contributed by atoms with Gasteiger partial charge in [-0.25, -0.2) is 0 Å². The molecule has 0 spiro atoms. The number of piperidine rings is 1. The predicted molar refractivity (Wildman–Crippen MR) is 79.6 cm³/mol. The summed E-state index contributed by atoms with van der Waals surface area (Å²) in [5.41, 5.74) is 0.0667. The molecule has 4 nitrogen and oxygen atoms in total. The van der Waals surface area contributed by atoms with E-state index in [1.54, 1.807) is 0 Å². The maximum atomic E-state index is 12.8. The molecule has 0 aromatic rings. The summed E-state index contributed by atoms with van der Waals surface area (Å²) in [7, 11) is -3.02. The molecule has 1 heterocycles. The summed E-state index contributed by atoms with van der Waals surface area (Å²) in [5.74, 6) is 0. The van der Waals surface area contributed by atoms with Gasteiger partial charge in [-0.3, -0.25) is 9.46 Å². The fourth-order valence-electron chi connectivity index (χ4n) is 3.11. The second kappa shape index (κ2) is 6.26. The van der Waals surface area contributed by atoms with E-state index in [1.165, 1.54) is 6.42 Å². The SMILES string of the molecule is CCOP(=O)(CN1C(C)(C)CCCC1(C)C)OCC. The molecule has 0 aromatic carbocycles. The summed E-state index contributed by atoms with van der Waals surface area (Å²) < 4.78 is 23.7. The molecule has 0 aromatic heterocycles. The van der Waals surface area contributed by atoms with E-state index in [9.17, 15) is 4.57 Å². The third kappa shape index (κ3) is 4.29. The molecular formula is C14H30NO3P. The van der Waals surface area contributed by atoms with Crippen LogP contribution in [0.15, 0.2) is 0 Å². The third-order valence-electron chi connectivity index (χ3n) is 4.00. The number of likely N-dealkylation sites (tertiary alicyclic amines) is 1. The van der Waals surface area contributed by atoms with Crippen molar-refractivity contribution in [3.63, 3.8) is 0 Å². The normalized spacial score (nSPS) is 23.5. The van der Waals surface area contributed by atoms with E-state index in [0.29, 0.717) is 19.5 Å². The van der Waals surface area contributed by atoms with Crippen molar-refractivity contribution in [2.75, 3.05) is 19.5 Å². The van der Waals surface area contributed by atoms with Crippen LogP contribution in [0, 0.1) is 0 Å². The zero-order valence-electron chi connectivity index (χ0n) is 13.4. The minimum Gasteiger partial charge on any atom is -0.308 e. The van der Waals surface area contributed by atoms with Gasteiger partial charge in [0.05, 0.1) is 13.2 Å². The molecule has 114 valence electrons. The molecule has 0 atom stereocenters. The maximum Gasteiger partial charge on any atom is 0.344 e. The van der Waals surface area contributed by atoms with Gasteiger partial charge in [-0.05, 0) is 60.8 Å². The highest BCUT2D eigenvalue weighted by Crippen LogP contribution is 2.52. The number of hydrogen-bond donors (Lipinski definition) is 0. The van der Waals surface area contributed by atoms with Crippen LogP contribution in [0.3, 0.4) is 0 Å². The zero-order valence-corrected chi connectivity index (χ0v) is 14.3. The van der Waals surface area contributed by atoms with Crippen LogP contribution in [0.1, 0.15) is 60.8 Å². The zero-order chi connectivity index (χ0) is 14.7. The van der Waals surface area contributed by atoms with Crippen molar-refractivity contribution in [2.24, 2.45) is 0 Å². The van der Waals surface area contributed by atoms with Crippen molar-refractivity contribution in [3.8, 4) is 0 Å². The van der Waals surface area contributed by atoms with E-state index in [2.05, 4.69) is 32.6 Å². The summed E-state index contributed by atoms with van der Waals surface area (Å²) in [6.07, 6.45) is 3.84. The van der Waals surface area contributed by atoms with Crippen LogP contribution in [0.2, 0.25) is 0 Å². The Morgan fingerprint density at radius 2 is 1.42 bits per heavy atom. The Kier molecular flexibility index (Phi) is 5.65. The van der Waals surface area contributed by atoms with Gasteiger partial charge in [-0.1, -0.05) is 0 Å². The lowest BCUT2D eigenvalue weighted by Crippen LogP contribution is -2.58. The smallest absolute Gasteiger partial charge is 0.308 e. The Morgan fingerprint density at radius 3 is 1.79 bits per heavy atom. The molecule has 1 rings (SSSR count). The quantitative estimate of drug-likeness (QED) is 0.686. The van der Waals surface area contributed by atoms with E-state index >= 15 is 0 Å². The van der Waals surface area contributed by atoms with Crippen LogP contribution in [-0.2, 0) is 13.6 Å². The third-order valence-corrected chi connectivity index (χ3v) is 5.94. The second-order valence-corrected chi connectivity index (χ2v) is 8.52. The highest BCUT2D eigenvalue weighted by Gasteiger charge is 2.45. The molecule has 0 amide bonds. The molecular weight excluding hydrogens is 261 g/mol. The minimum absolute atomic E-state index is 0.0333. The molecule has 5 heteroatoms. The minimum atomic E-state index is -3.02. The van der Waals surface area contributed by atoms with Crippen molar-refractivity contribution in [1.82, 2.24) is 4.90 Å². The highest BCUT2D eigenvalue weighted by molar-refractivity contribution is 7.53. The Balaban J connectivity index is 2.94. The van der Waals surface area contributed by atoms with Crippen LogP contribution in [0.25, 0.3) is 0 Å². The molecule has 1 aliphatic rings. The Bertz CT molecular complexity index is 316. The lowest BCUT2D eigenvalue weighted by molar-refractivity contribution is -0.0168. The maximum absolute atomic E-state index is 12.8. The van der Waals surface area contributed by atoms with Crippen LogP contribution < -0.4 is 0 Å². The molecule has 0 saturated carbocycles. The summed E-state index contributed by atoms with van der Waals surface area (Å²) in [5, 5.41) is 0. The number of rotatable bonds is 6. The van der Waals surface area contributed by atoms with Gasteiger partial charge in [0.15, 0.2) is 0 Å². The van der Waals surface area contributed by atoms with Crippen LogP contribution in [0.4, 0.5) is 0 Å². The average Bonchev–Trinajstić information content (AvgIpc) is 2.24. The highest BCUT2D eigenvalue weighted by atomic mass is 31.2. The predicted octanol–water partition coefficient (Wildman–Crippen LogP) is 4.25. The Morgan fingerprint density at radius 1 is 1.00 bits per heavy atom. The summed E-state index contributed by atoms with van der Waals surface area (Å²) in [6, 6.07) is 0. The number of nitrogens with zero attached hydrogens (tertiary/aromatic N) is 1. The molecule has 1 saturated heterocycles. The first-order valence-corrected chi connectivity index (χ1v) is 9.05. The van der Waals surface area contributed by atoms with Crippen molar-refractivity contribution < 1.29 is 13.6 Å². The fraction of sp³-hybridized carbons (Fsp3) is 1.00. The first-order chi connectivity index (χ1) is 8.67. The molecule has 19 heavy (non-hydrogen) atoms. The first kappa shape index (κ1) is 17.2. The van der Waals surface area contributed by atoms with Crippen molar-refractivity contribution in [3.05, 3.63) is 0 Å². The standard InChI is InChI=1S/C14H30NO3P/c1-7-17-19(16,18-8-2)12-15-13(3,4)10-9-11-14(15,5)6/h7-12H2,1-6H3. The average molecular weight is 291 g/mol. The summed E-state index contributed by atoms with van der Waals surface area (Å²) in [4.78, 5) is 2.32. The van der Waals surface area contributed by atoms with Crippen LogP contribution >= 0.6 is 7.60 Å². The van der Waals surface area contributed by atoms with Gasteiger partial charge in [-0.2, -0.15) is 0 Å². The Labute approximate surface area is 118 Å². The van der Waals surface area contributed by atoms with Gasteiger partial charge in [0.2, 0.25) is 0 Å². The molecule has 1 fully saturated rings. The summed E-state index contributed by atoms with van der Waals surface area (Å²) in [6.45, 7) is 13.4. The van der Waals surface area contributed by atoms with Crippen molar-refractivity contribution in [2.45, 2.75) is 71.9 Å². The van der Waals surface area contributed by atoms with E-state index in [1.807, 2.05) is 13.8 Å². The van der Waals surface area contributed by atoms with Gasteiger partial charge in [0, 0.05) is 11.1 Å². The van der Waals surface area contributed by atoms with Crippen LogP contribution in [0.5, 0.6) is 0 Å². The van der Waals surface area contributed by atoms with Crippen LogP contribution in [-0.4, -0.2) is 35.5 Å². The van der Waals surface area contributed by atoms with E-state index < -0.39 is 7.60 Å². The van der Waals surface area contributed by atoms with E-state index in [-0.39, 0.29) is 11.1 Å². The monoisotopic (exact) mass is 291 g/mol. The van der Waals surface area contributed by atoms with E-state index in [4.69, 9.17) is 9.05 Å². The van der Waals surface area contributed by atoms with Gasteiger partial charge in [-0.15, -0.1) is 0 Å². The molecule has 0 aliphatic carbocycles. The topological polar surface area (TPSA) is 38.8 Å². The first-order valence-electron chi connectivity index (χ1n) is 7.33. The van der Waals surface area contributed by atoms with Gasteiger partial charge in [0.1, 0.15) is 6.29 Å². The molecule has 0 unspecified atom stereocenters. The van der Waals surface area contributed by atoms with Crippen molar-refractivity contribution in [1.29, 1.82) is 0 Å². The van der Waals surface area contributed by atoms with Gasteiger partial charge in [0.25, 0.3) is 0 Å². The molecule has 1 aliphatic heterocycles. The lowest BCUT2D eigenvalue weighted by atomic mass is 9.80. The van der Waals surface area contributed by atoms with Gasteiger partial charge >= 0.3 is 7.60 Å². The lowest BCUT2D eigenvalue weighted by Gasteiger charge is -2.53. The largest absolute Gasteiger partial charge is 0.344 e. The second-order valence-electron chi connectivity index (χ2n) is 6.49. The number of hydrogen-bond acceptors (Lipinski definition) is 4. The summed E-state index contributed by atoms with van der Waals surface area (Å²) >= 11 is 0. The molecule has 0 radical (unpaired) electrons. The molecule has 0 bridgehead atoms. The van der Waals surface area contributed by atoms with Gasteiger partial charge < -0.3 is 9.05 Å². The Hall–Kier alpha value is 0.110. The molecule has 0 N–H and O–H groups in total. The van der Waals surface area contributed by atoms with Crippen molar-refractivity contribution >= 4 is 7.60 Å². The van der Waals surface area contributed by atoms with E-state index in [0.717, 1.165) is 12.8 Å². The fourth-order valence-corrected chi connectivity index (χ4v) is 5.25.